The van der Waals surface area contributed by atoms with E-state index in [1.54, 1.807) is 36.4 Å². The van der Waals surface area contributed by atoms with Gasteiger partial charge in [0.1, 0.15) is 5.75 Å². The van der Waals surface area contributed by atoms with E-state index in [0.717, 1.165) is 19.4 Å². The first-order chi connectivity index (χ1) is 13.5. The lowest BCUT2D eigenvalue weighted by Crippen LogP contribution is -2.41. The molecule has 1 unspecified atom stereocenters. The van der Waals surface area contributed by atoms with E-state index in [4.69, 9.17) is 16.3 Å². The Morgan fingerprint density at radius 3 is 2.89 bits per heavy atom. The molecular weight excluding hydrogens is 384 g/mol. The first kappa shape index (κ1) is 19.9. The topological polar surface area (TPSA) is 93.6 Å². The Hall–Kier alpha value is -2.87. The number of hydrogen-bond donors (Lipinski definition) is 1. The molecule has 0 radical (unpaired) electrons. The number of aromatic nitrogens is 2. The summed E-state index contributed by atoms with van der Waals surface area (Å²) in [6.45, 7) is 1.19. The number of carbonyl (C=O) groups excluding carboxylic acids is 2. The number of halogens is 1. The Kier molecular flexibility index (Phi) is 6.65. The van der Waals surface area contributed by atoms with Gasteiger partial charge in [0.2, 0.25) is 5.91 Å². The van der Waals surface area contributed by atoms with Gasteiger partial charge in [-0.15, -0.1) is 10.2 Å². The summed E-state index contributed by atoms with van der Waals surface area (Å²) in [6, 6.07) is 10.4. The van der Waals surface area contributed by atoms with Crippen molar-refractivity contribution in [2.24, 2.45) is 5.92 Å². The molecule has 1 aliphatic heterocycles. The van der Waals surface area contributed by atoms with Crippen LogP contribution in [0.2, 0.25) is 5.15 Å². The van der Waals surface area contributed by atoms with Crippen molar-refractivity contribution in [1.29, 1.82) is 0 Å². The fourth-order valence-electron chi connectivity index (χ4n) is 2.99. The molecular formula is C19H21ClN4O4. The van der Waals surface area contributed by atoms with Crippen molar-refractivity contribution in [3.8, 4) is 5.75 Å². The van der Waals surface area contributed by atoms with Gasteiger partial charge < -0.3 is 19.7 Å². The van der Waals surface area contributed by atoms with E-state index in [1.165, 1.54) is 7.11 Å². The predicted octanol–water partition coefficient (Wildman–Crippen LogP) is 2.54. The fraction of sp³-hybridized carbons (Fsp3) is 0.368. The van der Waals surface area contributed by atoms with Crippen LogP contribution in [0.3, 0.4) is 0 Å². The summed E-state index contributed by atoms with van der Waals surface area (Å²) < 4.78 is 9.89. The molecule has 0 spiro atoms. The van der Waals surface area contributed by atoms with Gasteiger partial charge in [-0.25, -0.2) is 4.79 Å². The molecule has 1 aromatic carbocycles. The summed E-state index contributed by atoms with van der Waals surface area (Å²) >= 11 is 5.79. The monoisotopic (exact) mass is 404 g/mol. The van der Waals surface area contributed by atoms with Crippen LogP contribution in [0.4, 0.5) is 11.5 Å². The van der Waals surface area contributed by atoms with Gasteiger partial charge in [0.15, 0.2) is 17.6 Å². The van der Waals surface area contributed by atoms with Gasteiger partial charge in [0.25, 0.3) is 0 Å². The summed E-state index contributed by atoms with van der Waals surface area (Å²) in [5.74, 6) is 0.467. The third kappa shape index (κ3) is 5.32. The second kappa shape index (κ2) is 9.36. The van der Waals surface area contributed by atoms with Crippen molar-refractivity contribution in [3.05, 3.63) is 41.6 Å². The third-order valence-electron chi connectivity index (χ3n) is 4.42. The normalized spacial score (nSPS) is 16.4. The number of piperidine rings is 1. The molecule has 0 saturated carbocycles. The van der Waals surface area contributed by atoms with Crippen LogP contribution < -0.4 is 15.0 Å². The molecule has 1 fully saturated rings. The van der Waals surface area contributed by atoms with Gasteiger partial charge in [0.05, 0.1) is 13.0 Å². The number of methoxy groups -OCH3 is 1. The number of hydrogen-bond acceptors (Lipinski definition) is 7. The van der Waals surface area contributed by atoms with Crippen LogP contribution in [0, 0.1) is 5.92 Å². The van der Waals surface area contributed by atoms with Gasteiger partial charge in [-0.05, 0) is 37.1 Å². The van der Waals surface area contributed by atoms with Crippen molar-refractivity contribution in [2.45, 2.75) is 12.8 Å². The number of benzene rings is 1. The lowest BCUT2D eigenvalue weighted by molar-refractivity contribution is -0.142. The number of ether oxygens (including phenoxy) is 2. The average molecular weight is 405 g/mol. The summed E-state index contributed by atoms with van der Waals surface area (Å²) in [6.07, 6.45) is 1.67. The highest BCUT2D eigenvalue weighted by Crippen LogP contribution is 2.24. The minimum atomic E-state index is -0.470. The van der Waals surface area contributed by atoms with Crippen LogP contribution >= 0.6 is 11.6 Å². The Bertz CT molecular complexity index is 831. The second-order valence-corrected chi connectivity index (χ2v) is 6.77. The van der Waals surface area contributed by atoms with E-state index in [1.807, 2.05) is 4.90 Å². The molecule has 0 aliphatic carbocycles. The predicted molar refractivity (Wildman–Crippen MR) is 105 cm³/mol. The molecule has 1 atom stereocenters. The molecule has 2 aromatic rings. The summed E-state index contributed by atoms with van der Waals surface area (Å²) in [5, 5.41) is 11.2. The lowest BCUT2D eigenvalue weighted by Gasteiger charge is -2.32. The molecule has 1 amide bonds. The number of nitrogens with one attached hydrogen (secondary N) is 1. The lowest BCUT2D eigenvalue weighted by atomic mass is 9.97. The van der Waals surface area contributed by atoms with Gasteiger partial charge in [-0.2, -0.15) is 0 Å². The van der Waals surface area contributed by atoms with Gasteiger partial charge in [-0.3, -0.25) is 4.79 Å². The quantitative estimate of drug-likeness (QED) is 0.739. The molecule has 148 valence electrons. The van der Waals surface area contributed by atoms with Crippen LogP contribution in [0.25, 0.3) is 0 Å². The van der Waals surface area contributed by atoms with Crippen LogP contribution in [0.5, 0.6) is 5.75 Å². The minimum Gasteiger partial charge on any atom is -0.482 e. The summed E-state index contributed by atoms with van der Waals surface area (Å²) in [5.41, 5.74) is 0.607. The SMILES string of the molecule is COC(=O)COc1cccc(NC(=O)C2CCCN(c3ccc(Cl)nn3)C2)c1. The Morgan fingerprint density at radius 2 is 2.14 bits per heavy atom. The number of carbonyl (C=O) groups is 2. The van der Waals surface area contributed by atoms with Crippen LogP contribution in [0.15, 0.2) is 36.4 Å². The fourth-order valence-corrected chi connectivity index (χ4v) is 3.09. The maximum Gasteiger partial charge on any atom is 0.343 e. The number of anilines is 2. The molecule has 1 N–H and O–H groups in total. The van der Waals surface area contributed by atoms with E-state index in [-0.39, 0.29) is 18.4 Å². The molecule has 1 aliphatic rings. The first-order valence-corrected chi connectivity index (χ1v) is 9.27. The van der Waals surface area contributed by atoms with E-state index in [0.29, 0.717) is 29.0 Å². The van der Waals surface area contributed by atoms with Gasteiger partial charge in [0, 0.05) is 24.8 Å². The molecule has 9 heteroatoms. The Balaban J connectivity index is 1.59. The standard InChI is InChI=1S/C19H21ClN4O4/c1-27-18(25)12-28-15-6-2-5-14(10-15)21-19(26)13-4-3-9-24(11-13)17-8-7-16(20)22-23-17/h2,5-8,10,13H,3-4,9,11-12H2,1H3,(H,21,26). The largest absolute Gasteiger partial charge is 0.482 e. The highest BCUT2D eigenvalue weighted by Gasteiger charge is 2.27. The summed E-state index contributed by atoms with van der Waals surface area (Å²) in [7, 11) is 1.30. The molecule has 8 nitrogen and oxygen atoms in total. The molecule has 1 saturated heterocycles. The van der Waals surface area contributed by atoms with E-state index in [9.17, 15) is 9.59 Å². The zero-order chi connectivity index (χ0) is 19.9. The van der Waals surface area contributed by atoms with Crippen molar-refractivity contribution in [3.63, 3.8) is 0 Å². The summed E-state index contributed by atoms with van der Waals surface area (Å²) in [4.78, 5) is 25.9. The van der Waals surface area contributed by atoms with Crippen molar-refractivity contribution >= 4 is 35.0 Å². The molecule has 3 rings (SSSR count). The van der Waals surface area contributed by atoms with Gasteiger partial charge >= 0.3 is 5.97 Å². The number of rotatable bonds is 6. The number of esters is 1. The van der Waals surface area contributed by atoms with E-state index >= 15 is 0 Å². The maximum atomic E-state index is 12.7. The molecule has 0 bridgehead atoms. The van der Waals surface area contributed by atoms with Crippen molar-refractivity contribution in [1.82, 2.24) is 10.2 Å². The smallest absolute Gasteiger partial charge is 0.343 e. The molecule has 28 heavy (non-hydrogen) atoms. The van der Waals surface area contributed by atoms with Crippen LogP contribution in [0.1, 0.15) is 12.8 Å². The zero-order valence-corrected chi connectivity index (χ0v) is 16.2. The van der Waals surface area contributed by atoms with Crippen LogP contribution in [-0.4, -0.2) is 48.9 Å². The van der Waals surface area contributed by atoms with E-state index in [2.05, 4.69) is 20.3 Å². The van der Waals surface area contributed by atoms with E-state index < -0.39 is 5.97 Å². The number of nitrogens with zero attached hydrogens (tertiary/aromatic N) is 3. The molecule has 2 heterocycles. The highest BCUT2D eigenvalue weighted by molar-refractivity contribution is 6.29. The maximum absolute atomic E-state index is 12.7. The minimum absolute atomic E-state index is 0.0725. The molecule has 1 aromatic heterocycles. The Labute approximate surface area is 167 Å². The zero-order valence-electron chi connectivity index (χ0n) is 15.4. The Morgan fingerprint density at radius 1 is 1.29 bits per heavy atom. The first-order valence-electron chi connectivity index (χ1n) is 8.90. The second-order valence-electron chi connectivity index (χ2n) is 6.38. The van der Waals surface area contributed by atoms with Crippen molar-refractivity contribution < 1.29 is 19.1 Å². The van der Waals surface area contributed by atoms with Gasteiger partial charge in [-0.1, -0.05) is 17.7 Å². The average Bonchev–Trinajstić information content (AvgIpc) is 2.73. The van der Waals surface area contributed by atoms with Crippen molar-refractivity contribution in [2.75, 3.05) is 37.0 Å². The van der Waals surface area contributed by atoms with Crippen LogP contribution in [-0.2, 0) is 14.3 Å². The number of amides is 1. The highest BCUT2D eigenvalue weighted by atomic mass is 35.5. The third-order valence-corrected chi connectivity index (χ3v) is 4.62.